The van der Waals surface area contributed by atoms with Crippen molar-refractivity contribution in [3.63, 3.8) is 0 Å². The molecule has 1 amide bonds. The second kappa shape index (κ2) is 7.09. The van der Waals surface area contributed by atoms with Gasteiger partial charge in [0.05, 0.1) is 29.5 Å². The van der Waals surface area contributed by atoms with Gasteiger partial charge in [0, 0.05) is 0 Å². The number of nitrogens with zero attached hydrogens (tertiary/aromatic N) is 1. The third-order valence-corrected chi connectivity index (χ3v) is 2.93. The van der Waals surface area contributed by atoms with Gasteiger partial charge in [-0.25, -0.2) is 4.79 Å². The topological polar surface area (TPSA) is 92.3 Å². The first-order valence-electron chi connectivity index (χ1n) is 6.60. The molecule has 0 aliphatic rings. The predicted molar refractivity (Wildman–Crippen MR) is 76.7 cm³/mol. The highest BCUT2D eigenvalue weighted by Gasteiger charge is 2.14. The van der Waals surface area contributed by atoms with Crippen molar-refractivity contribution in [3.8, 4) is 6.07 Å². The van der Waals surface area contributed by atoms with Gasteiger partial charge in [-0.3, -0.25) is 4.79 Å². The Morgan fingerprint density at radius 1 is 1.32 bits per heavy atom. The van der Waals surface area contributed by atoms with Gasteiger partial charge in [-0.05, 0) is 43.3 Å². The fourth-order valence-electron chi connectivity index (χ4n) is 1.79. The summed E-state index contributed by atoms with van der Waals surface area (Å²) < 4.78 is 10.1. The van der Waals surface area contributed by atoms with Crippen molar-refractivity contribution in [3.05, 3.63) is 59.5 Å². The first kappa shape index (κ1) is 15.3. The van der Waals surface area contributed by atoms with Gasteiger partial charge >= 0.3 is 5.97 Å². The van der Waals surface area contributed by atoms with Crippen molar-refractivity contribution < 1.29 is 18.7 Å². The lowest BCUT2D eigenvalue weighted by Gasteiger charge is -2.11. The van der Waals surface area contributed by atoms with E-state index in [1.54, 1.807) is 19.1 Å². The molecule has 22 heavy (non-hydrogen) atoms. The van der Waals surface area contributed by atoms with Crippen LogP contribution in [0.4, 0.5) is 0 Å². The average molecular weight is 298 g/mol. The summed E-state index contributed by atoms with van der Waals surface area (Å²) in [5, 5.41) is 11.3. The average Bonchev–Trinajstić information content (AvgIpc) is 3.07. The van der Waals surface area contributed by atoms with Crippen LogP contribution in [-0.4, -0.2) is 18.5 Å². The van der Waals surface area contributed by atoms with E-state index >= 15 is 0 Å². The molecule has 0 fully saturated rings. The maximum Gasteiger partial charge on any atom is 0.338 e. The number of carbonyl (C=O) groups excluding carboxylic acids is 2. The molecule has 0 aliphatic carbocycles. The molecule has 0 unspecified atom stereocenters. The van der Waals surface area contributed by atoms with Crippen LogP contribution in [0.3, 0.4) is 0 Å². The van der Waals surface area contributed by atoms with Crippen LogP contribution in [0.5, 0.6) is 0 Å². The van der Waals surface area contributed by atoms with E-state index in [-0.39, 0.29) is 18.2 Å². The SMILES string of the molecule is C[C@@H](NC(=O)COC(=O)c1ccc(C#N)cc1)c1ccco1. The second-order valence-corrected chi connectivity index (χ2v) is 4.57. The van der Waals surface area contributed by atoms with Crippen LogP contribution < -0.4 is 5.32 Å². The molecule has 1 N–H and O–H groups in total. The van der Waals surface area contributed by atoms with Crippen LogP contribution in [0.15, 0.2) is 47.1 Å². The molecule has 0 saturated carbocycles. The summed E-state index contributed by atoms with van der Waals surface area (Å²) in [6.45, 7) is 1.38. The molecule has 0 saturated heterocycles. The number of nitriles is 1. The van der Waals surface area contributed by atoms with Crippen molar-refractivity contribution in [2.24, 2.45) is 0 Å². The molecule has 0 bridgehead atoms. The molecular formula is C16H14N2O4. The minimum Gasteiger partial charge on any atom is -0.467 e. The fraction of sp³-hybridized carbons (Fsp3) is 0.188. The van der Waals surface area contributed by atoms with Crippen molar-refractivity contribution in [2.75, 3.05) is 6.61 Å². The van der Waals surface area contributed by atoms with E-state index in [0.29, 0.717) is 11.3 Å². The highest BCUT2D eigenvalue weighted by molar-refractivity contribution is 5.91. The number of nitrogens with one attached hydrogen (secondary N) is 1. The fourth-order valence-corrected chi connectivity index (χ4v) is 1.79. The standard InChI is InChI=1S/C16H14N2O4/c1-11(14-3-2-8-21-14)18-15(19)10-22-16(20)13-6-4-12(9-17)5-7-13/h2-8,11H,10H2,1H3,(H,18,19)/t11-/m1/s1. The Hall–Kier alpha value is -3.07. The molecule has 6 nitrogen and oxygen atoms in total. The molecule has 112 valence electrons. The molecule has 2 rings (SSSR count). The van der Waals surface area contributed by atoms with Crippen LogP contribution in [-0.2, 0) is 9.53 Å². The van der Waals surface area contributed by atoms with Crippen molar-refractivity contribution in [1.29, 1.82) is 5.26 Å². The lowest BCUT2D eigenvalue weighted by atomic mass is 10.1. The Morgan fingerprint density at radius 2 is 2.05 bits per heavy atom. The number of rotatable bonds is 5. The summed E-state index contributed by atoms with van der Waals surface area (Å²) >= 11 is 0. The number of amides is 1. The molecule has 0 aliphatic heterocycles. The normalized spacial score (nSPS) is 11.3. The van der Waals surface area contributed by atoms with Crippen LogP contribution in [0.1, 0.15) is 34.6 Å². The summed E-state index contributed by atoms with van der Waals surface area (Å²) in [5.74, 6) is -0.428. The van der Waals surface area contributed by atoms with Gasteiger partial charge < -0.3 is 14.5 Å². The maximum atomic E-state index is 11.8. The highest BCUT2D eigenvalue weighted by atomic mass is 16.5. The minimum absolute atomic E-state index is 0.283. The number of ether oxygens (including phenoxy) is 1. The van der Waals surface area contributed by atoms with Crippen molar-refractivity contribution in [2.45, 2.75) is 13.0 Å². The lowest BCUT2D eigenvalue weighted by Crippen LogP contribution is -2.30. The molecule has 1 aromatic carbocycles. The summed E-state index contributed by atoms with van der Waals surface area (Å²) in [6.07, 6.45) is 1.52. The summed E-state index contributed by atoms with van der Waals surface area (Å²) in [5.41, 5.74) is 0.729. The van der Waals surface area contributed by atoms with Crippen molar-refractivity contribution >= 4 is 11.9 Å². The smallest absolute Gasteiger partial charge is 0.338 e. The summed E-state index contributed by atoms with van der Waals surface area (Å²) in [4.78, 5) is 23.5. The Balaban J connectivity index is 1.82. The van der Waals surface area contributed by atoms with Gasteiger partial charge in [0.1, 0.15) is 5.76 Å². The number of carbonyl (C=O) groups is 2. The quantitative estimate of drug-likeness (QED) is 0.854. The molecule has 1 atom stereocenters. The number of furan rings is 1. The van der Waals surface area contributed by atoms with Gasteiger partial charge in [0.15, 0.2) is 6.61 Å². The maximum absolute atomic E-state index is 11.8. The molecule has 1 heterocycles. The lowest BCUT2D eigenvalue weighted by molar-refractivity contribution is -0.125. The van der Waals surface area contributed by atoms with Gasteiger partial charge in [0.25, 0.3) is 5.91 Å². The molecular weight excluding hydrogens is 284 g/mol. The monoisotopic (exact) mass is 298 g/mol. The molecule has 2 aromatic rings. The van der Waals surface area contributed by atoms with Crippen LogP contribution in [0.25, 0.3) is 0 Å². The first-order valence-corrected chi connectivity index (χ1v) is 6.60. The Kier molecular flexibility index (Phi) is 4.94. The number of benzene rings is 1. The number of hydrogen-bond acceptors (Lipinski definition) is 5. The van der Waals surface area contributed by atoms with Gasteiger partial charge in [0.2, 0.25) is 0 Å². The van der Waals surface area contributed by atoms with Crippen LogP contribution in [0.2, 0.25) is 0 Å². The van der Waals surface area contributed by atoms with E-state index in [4.69, 9.17) is 14.4 Å². The Labute approximate surface area is 127 Å². The second-order valence-electron chi connectivity index (χ2n) is 4.57. The van der Waals surface area contributed by atoms with E-state index in [1.807, 2.05) is 6.07 Å². The summed E-state index contributed by atoms with van der Waals surface area (Å²) in [6, 6.07) is 11.1. The molecule has 0 radical (unpaired) electrons. The van der Waals surface area contributed by atoms with E-state index in [2.05, 4.69) is 5.32 Å². The largest absolute Gasteiger partial charge is 0.467 e. The molecule has 0 spiro atoms. The van der Waals surface area contributed by atoms with E-state index < -0.39 is 11.9 Å². The van der Waals surface area contributed by atoms with E-state index in [1.165, 1.54) is 30.5 Å². The Morgan fingerprint density at radius 3 is 2.64 bits per heavy atom. The zero-order valence-corrected chi connectivity index (χ0v) is 11.9. The molecule has 1 aromatic heterocycles. The van der Waals surface area contributed by atoms with Crippen LogP contribution in [0, 0.1) is 11.3 Å². The third kappa shape index (κ3) is 3.96. The number of hydrogen-bond donors (Lipinski definition) is 1. The summed E-state index contributed by atoms with van der Waals surface area (Å²) in [7, 11) is 0. The van der Waals surface area contributed by atoms with Gasteiger partial charge in [-0.1, -0.05) is 0 Å². The van der Waals surface area contributed by atoms with Crippen LogP contribution >= 0.6 is 0 Å². The highest BCUT2D eigenvalue weighted by Crippen LogP contribution is 2.12. The predicted octanol–water partition coefficient (Wildman–Crippen LogP) is 2.19. The zero-order chi connectivity index (χ0) is 15.9. The van der Waals surface area contributed by atoms with E-state index in [9.17, 15) is 9.59 Å². The van der Waals surface area contributed by atoms with Crippen molar-refractivity contribution in [1.82, 2.24) is 5.32 Å². The van der Waals surface area contributed by atoms with Gasteiger partial charge in [-0.15, -0.1) is 0 Å². The first-order chi connectivity index (χ1) is 10.6. The van der Waals surface area contributed by atoms with Gasteiger partial charge in [-0.2, -0.15) is 5.26 Å². The third-order valence-electron chi connectivity index (χ3n) is 2.93. The zero-order valence-electron chi connectivity index (χ0n) is 11.9. The molecule has 6 heteroatoms. The minimum atomic E-state index is -0.620. The Bertz CT molecular complexity index is 684. The van der Waals surface area contributed by atoms with E-state index in [0.717, 1.165) is 0 Å². The number of esters is 1.